The molecular weight excluding hydrogens is 340 g/mol. The first kappa shape index (κ1) is 16.3. The number of anilines is 2. The van der Waals surface area contributed by atoms with Gasteiger partial charge in [-0.25, -0.2) is 18.4 Å². The number of carbonyl (C=O) groups is 1. The smallest absolute Gasteiger partial charge is 0.232 e. The summed E-state index contributed by atoms with van der Waals surface area (Å²) in [4.78, 5) is 26.1. The lowest BCUT2D eigenvalue weighted by Crippen LogP contribution is -2.38. The summed E-state index contributed by atoms with van der Waals surface area (Å²) in [6, 6.07) is 7.57. The van der Waals surface area contributed by atoms with Gasteiger partial charge in [-0.15, -0.1) is 0 Å². The molecule has 7 nitrogen and oxygen atoms in total. The molecule has 1 fully saturated rings. The van der Waals surface area contributed by atoms with E-state index in [9.17, 15) is 13.2 Å². The van der Waals surface area contributed by atoms with E-state index in [1.807, 2.05) is 36.2 Å². The van der Waals surface area contributed by atoms with Crippen molar-refractivity contribution < 1.29 is 13.2 Å². The summed E-state index contributed by atoms with van der Waals surface area (Å²) in [5, 5.41) is 0. The van der Waals surface area contributed by atoms with E-state index in [1.54, 1.807) is 4.90 Å². The summed E-state index contributed by atoms with van der Waals surface area (Å²) in [5.41, 5.74) is 1.51. The second kappa shape index (κ2) is 5.94. The summed E-state index contributed by atoms with van der Waals surface area (Å²) < 4.78 is 23.5. The van der Waals surface area contributed by atoms with E-state index in [0.29, 0.717) is 24.6 Å². The van der Waals surface area contributed by atoms with Crippen molar-refractivity contribution in [1.82, 2.24) is 9.97 Å². The van der Waals surface area contributed by atoms with E-state index >= 15 is 0 Å². The third-order valence-corrected chi connectivity index (χ3v) is 6.64. The van der Waals surface area contributed by atoms with E-state index in [1.165, 1.54) is 0 Å². The van der Waals surface area contributed by atoms with Gasteiger partial charge in [0.05, 0.1) is 28.5 Å². The van der Waals surface area contributed by atoms with Crippen LogP contribution in [0.2, 0.25) is 0 Å². The second-order valence-corrected chi connectivity index (χ2v) is 8.95. The van der Waals surface area contributed by atoms with Crippen molar-refractivity contribution in [2.45, 2.75) is 12.8 Å². The molecule has 2 aliphatic rings. The van der Waals surface area contributed by atoms with Gasteiger partial charge in [0.1, 0.15) is 0 Å². The van der Waals surface area contributed by atoms with Gasteiger partial charge in [0.2, 0.25) is 5.91 Å². The molecule has 0 N–H and O–H groups in total. The highest BCUT2D eigenvalue weighted by Gasteiger charge is 2.37. The number of hydrogen-bond acceptors (Lipinski definition) is 6. The summed E-state index contributed by atoms with van der Waals surface area (Å²) in [6.45, 7) is 1.30. The van der Waals surface area contributed by atoms with E-state index in [2.05, 4.69) is 4.98 Å². The molecular formula is C17H20N4O3S. The van der Waals surface area contributed by atoms with Gasteiger partial charge in [-0.2, -0.15) is 0 Å². The number of amides is 1. The van der Waals surface area contributed by atoms with Gasteiger partial charge in [-0.05, 0) is 25.0 Å². The zero-order chi connectivity index (χ0) is 17.6. The van der Waals surface area contributed by atoms with Crippen molar-refractivity contribution in [1.29, 1.82) is 0 Å². The zero-order valence-corrected chi connectivity index (χ0v) is 14.9. The number of hydrogen-bond donors (Lipinski definition) is 0. The quantitative estimate of drug-likeness (QED) is 0.761. The topological polar surface area (TPSA) is 83.5 Å². The van der Waals surface area contributed by atoms with Gasteiger partial charge in [-0.1, -0.05) is 12.1 Å². The second-order valence-electron chi connectivity index (χ2n) is 6.72. The minimum Gasteiger partial charge on any atom is -0.357 e. The van der Waals surface area contributed by atoms with Gasteiger partial charge in [0, 0.05) is 20.1 Å². The lowest BCUT2D eigenvalue weighted by atomic mass is 10.1. The largest absolute Gasteiger partial charge is 0.357 e. The molecule has 2 aliphatic heterocycles. The lowest BCUT2D eigenvalue weighted by molar-refractivity contribution is -0.121. The van der Waals surface area contributed by atoms with Crippen LogP contribution in [0.1, 0.15) is 12.8 Å². The Bertz CT molecular complexity index is 944. The third-order valence-electron chi connectivity index (χ3n) is 4.87. The number of sulfone groups is 1. The number of carbonyl (C=O) groups excluding carboxylic acids is 1. The normalized spacial score (nSPS) is 22.7. The Hall–Kier alpha value is -2.22. The van der Waals surface area contributed by atoms with Crippen LogP contribution < -0.4 is 9.80 Å². The molecule has 8 heteroatoms. The van der Waals surface area contributed by atoms with Crippen molar-refractivity contribution >= 4 is 38.4 Å². The van der Waals surface area contributed by atoms with Crippen molar-refractivity contribution in [3.8, 4) is 0 Å². The van der Waals surface area contributed by atoms with Gasteiger partial charge >= 0.3 is 0 Å². The van der Waals surface area contributed by atoms with E-state index < -0.39 is 15.8 Å². The highest BCUT2D eigenvalue weighted by molar-refractivity contribution is 7.91. The van der Waals surface area contributed by atoms with E-state index in [0.717, 1.165) is 24.0 Å². The van der Waals surface area contributed by atoms with Crippen molar-refractivity contribution in [2.75, 3.05) is 41.4 Å². The zero-order valence-electron chi connectivity index (χ0n) is 14.1. The van der Waals surface area contributed by atoms with E-state index in [-0.39, 0.29) is 17.4 Å². The maximum atomic E-state index is 13.0. The molecule has 3 heterocycles. The molecule has 1 saturated heterocycles. The van der Waals surface area contributed by atoms with Crippen LogP contribution in [-0.2, 0) is 14.6 Å². The van der Waals surface area contributed by atoms with Gasteiger partial charge in [0.25, 0.3) is 0 Å². The molecule has 4 rings (SSSR count). The Balaban J connectivity index is 1.78. The van der Waals surface area contributed by atoms with Crippen molar-refractivity contribution in [2.24, 2.45) is 5.92 Å². The monoisotopic (exact) mass is 360 g/mol. The maximum absolute atomic E-state index is 13.0. The Morgan fingerprint density at radius 3 is 2.44 bits per heavy atom. The number of nitrogens with zero attached hydrogens (tertiary/aromatic N) is 4. The average Bonchev–Trinajstić information content (AvgIpc) is 2.88. The summed E-state index contributed by atoms with van der Waals surface area (Å²) in [6.07, 6.45) is 1.18. The SMILES string of the molecule is CN1CCCN(C(=O)C2CCS(=O)(=O)C2)c2nc3ccccc3nc21. The third kappa shape index (κ3) is 2.95. The van der Waals surface area contributed by atoms with Crippen molar-refractivity contribution in [3.05, 3.63) is 24.3 Å². The van der Waals surface area contributed by atoms with Crippen LogP contribution in [0, 0.1) is 5.92 Å². The van der Waals surface area contributed by atoms with Gasteiger partial charge in [-0.3, -0.25) is 9.69 Å². The van der Waals surface area contributed by atoms with Crippen LogP contribution in [0.25, 0.3) is 11.0 Å². The minimum atomic E-state index is -3.11. The highest BCUT2D eigenvalue weighted by Crippen LogP contribution is 2.32. The van der Waals surface area contributed by atoms with Crippen LogP contribution in [0.4, 0.5) is 11.6 Å². The Morgan fingerprint density at radius 1 is 1.12 bits per heavy atom. The lowest BCUT2D eigenvalue weighted by Gasteiger charge is -2.24. The first-order valence-corrected chi connectivity index (χ1v) is 10.3. The van der Waals surface area contributed by atoms with Crippen LogP contribution >= 0.6 is 0 Å². The molecule has 25 heavy (non-hydrogen) atoms. The molecule has 1 atom stereocenters. The number of para-hydroxylation sites is 2. The van der Waals surface area contributed by atoms with Crippen LogP contribution in [-0.4, -0.2) is 55.9 Å². The standard InChI is InChI=1S/C17H20N4O3S/c1-20-8-4-9-21(17(22)12-7-10-25(23,24)11-12)16-15(20)18-13-5-2-3-6-14(13)19-16/h2-3,5-6,12H,4,7-11H2,1H3. The summed E-state index contributed by atoms with van der Waals surface area (Å²) >= 11 is 0. The number of aromatic nitrogens is 2. The van der Waals surface area contributed by atoms with Crippen LogP contribution in [0.3, 0.4) is 0 Å². The minimum absolute atomic E-state index is 0.0610. The molecule has 0 spiro atoms. The van der Waals surface area contributed by atoms with Crippen LogP contribution in [0.15, 0.2) is 24.3 Å². The molecule has 0 radical (unpaired) electrons. The predicted molar refractivity (Wildman–Crippen MR) is 96.5 cm³/mol. The molecule has 0 saturated carbocycles. The molecule has 0 bridgehead atoms. The number of rotatable bonds is 1. The fourth-order valence-electron chi connectivity index (χ4n) is 3.52. The number of fused-ring (bicyclic) bond motifs is 2. The molecule has 132 valence electrons. The average molecular weight is 360 g/mol. The van der Waals surface area contributed by atoms with Gasteiger partial charge < -0.3 is 4.90 Å². The molecule has 1 aromatic heterocycles. The Morgan fingerprint density at radius 2 is 1.80 bits per heavy atom. The summed E-state index contributed by atoms with van der Waals surface area (Å²) in [5.74, 6) is 0.609. The molecule has 1 aromatic carbocycles. The first-order chi connectivity index (χ1) is 11.9. The maximum Gasteiger partial charge on any atom is 0.232 e. The molecule has 2 aromatic rings. The van der Waals surface area contributed by atoms with Crippen molar-refractivity contribution in [3.63, 3.8) is 0 Å². The molecule has 1 unspecified atom stereocenters. The Kier molecular flexibility index (Phi) is 3.87. The van der Waals surface area contributed by atoms with E-state index in [4.69, 9.17) is 4.98 Å². The molecule has 0 aliphatic carbocycles. The molecule has 1 amide bonds. The first-order valence-electron chi connectivity index (χ1n) is 8.44. The number of benzene rings is 1. The fourth-order valence-corrected chi connectivity index (χ4v) is 5.25. The predicted octanol–water partition coefficient (Wildman–Crippen LogP) is 1.24. The van der Waals surface area contributed by atoms with Gasteiger partial charge in [0.15, 0.2) is 21.5 Å². The Labute approximate surface area is 146 Å². The highest BCUT2D eigenvalue weighted by atomic mass is 32.2. The fraction of sp³-hybridized carbons (Fsp3) is 0.471. The summed E-state index contributed by atoms with van der Waals surface area (Å²) in [7, 11) is -1.16. The van der Waals surface area contributed by atoms with Crippen LogP contribution in [0.5, 0.6) is 0 Å².